The zero-order chi connectivity index (χ0) is 12.6. The standard InChI is InChI=1S/C13H13N3O2/c17-12(18)13(5-2-6-13)10-3-1-4-11(9-10)16-14-7-8-15-16/h1,3-4,7-9H,2,5-6H2,(H,17,18). The number of nitrogens with zero attached hydrogens (tertiary/aromatic N) is 3. The molecule has 18 heavy (non-hydrogen) atoms. The van der Waals surface area contributed by atoms with Gasteiger partial charge in [0.15, 0.2) is 0 Å². The lowest BCUT2D eigenvalue weighted by Gasteiger charge is -2.38. The third kappa shape index (κ3) is 1.51. The molecule has 1 aliphatic carbocycles. The van der Waals surface area contributed by atoms with Crippen LogP contribution in [0.2, 0.25) is 0 Å². The van der Waals surface area contributed by atoms with Crippen LogP contribution in [0.1, 0.15) is 24.8 Å². The molecule has 1 aromatic heterocycles. The van der Waals surface area contributed by atoms with Crippen molar-refractivity contribution in [2.45, 2.75) is 24.7 Å². The largest absolute Gasteiger partial charge is 0.481 e. The minimum Gasteiger partial charge on any atom is -0.481 e. The number of aliphatic carboxylic acids is 1. The number of hydrogen-bond donors (Lipinski definition) is 1. The first-order valence-corrected chi connectivity index (χ1v) is 5.93. The summed E-state index contributed by atoms with van der Waals surface area (Å²) in [6.45, 7) is 0. The number of benzene rings is 1. The molecular formula is C13H13N3O2. The fraction of sp³-hybridized carbons (Fsp3) is 0.308. The third-order valence-corrected chi connectivity index (χ3v) is 3.66. The molecule has 0 spiro atoms. The molecule has 1 aliphatic rings. The predicted octanol–water partition coefficient (Wildman–Crippen LogP) is 1.77. The lowest BCUT2D eigenvalue weighted by molar-refractivity contribution is -0.147. The van der Waals surface area contributed by atoms with Gasteiger partial charge in [-0.3, -0.25) is 4.79 Å². The molecule has 5 heteroatoms. The summed E-state index contributed by atoms with van der Waals surface area (Å²) in [5.41, 5.74) is 0.935. The third-order valence-electron chi connectivity index (χ3n) is 3.66. The van der Waals surface area contributed by atoms with Gasteiger partial charge in [-0.25, -0.2) is 0 Å². The van der Waals surface area contributed by atoms with E-state index in [9.17, 15) is 9.90 Å². The Morgan fingerprint density at radius 3 is 2.56 bits per heavy atom. The summed E-state index contributed by atoms with van der Waals surface area (Å²) in [5.74, 6) is -0.737. The number of carbonyl (C=O) groups is 1. The molecule has 0 amide bonds. The molecule has 0 atom stereocenters. The summed E-state index contributed by atoms with van der Waals surface area (Å²) in [4.78, 5) is 13.0. The number of aromatic nitrogens is 3. The fourth-order valence-corrected chi connectivity index (χ4v) is 2.43. The first kappa shape index (κ1) is 11.0. The minimum atomic E-state index is -0.737. The predicted molar refractivity (Wildman–Crippen MR) is 64.5 cm³/mol. The van der Waals surface area contributed by atoms with E-state index in [2.05, 4.69) is 10.2 Å². The number of carboxylic acid groups (broad SMARTS) is 1. The van der Waals surface area contributed by atoms with E-state index in [1.54, 1.807) is 12.4 Å². The molecule has 0 unspecified atom stereocenters. The van der Waals surface area contributed by atoms with E-state index in [1.165, 1.54) is 4.80 Å². The molecule has 1 aromatic carbocycles. The maximum atomic E-state index is 11.5. The van der Waals surface area contributed by atoms with Crippen LogP contribution in [0.5, 0.6) is 0 Å². The van der Waals surface area contributed by atoms with E-state index in [0.717, 1.165) is 17.7 Å². The second kappa shape index (κ2) is 3.94. The van der Waals surface area contributed by atoms with E-state index in [1.807, 2.05) is 24.3 Å². The van der Waals surface area contributed by atoms with Crippen molar-refractivity contribution in [2.24, 2.45) is 0 Å². The van der Waals surface area contributed by atoms with E-state index < -0.39 is 11.4 Å². The number of hydrogen-bond acceptors (Lipinski definition) is 3. The molecule has 0 aliphatic heterocycles. The summed E-state index contributed by atoms with van der Waals surface area (Å²) >= 11 is 0. The normalized spacial score (nSPS) is 17.1. The molecule has 0 radical (unpaired) electrons. The van der Waals surface area contributed by atoms with Gasteiger partial charge in [0.05, 0.1) is 23.5 Å². The van der Waals surface area contributed by atoms with Crippen molar-refractivity contribution in [1.82, 2.24) is 15.0 Å². The van der Waals surface area contributed by atoms with Crippen LogP contribution < -0.4 is 0 Å². The SMILES string of the molecule is O=C(O)C1(c2cccc(-n3nccn3)c2)CCC1. The van der Waals surface area contributed by atoms with Gasteiger partial charge in [-0.2, -0.15) is 15.0 Å². The average Bonchev–Trinajstić information content (AvgIpc) is 2.80. The van der Waals surface area contributed by atoms with Gasteiger partial charge in [0.1, 0.15) is 0 Å². The lowest BCUT2D eigenvalue weighted by atomic mass is 9.64. The van der Waals surface area contributed by atoms with Crippen molar-refractivity contribution in [3.05, 3.63) is 42.2 Å². The maximum Gasteiger partial charge on any atom is 0.314 e. The molecule has 0 bridgehead atoms. The smallest absolute Gasteiger partial charge is 0.314 e. The highest BCUT2D eigenvalue weighted by Gasteiger charge is 2.45. The van der Waals surface area contributed by atoms with Gasteiger partial charge in [-0.15, -0.1) is 0 Å². The Labute approximate surface area is 104 Å². The Hall–Kier alpha value is -2.17. The first-order chi connectivity index (χ1) is 8.72. The summed E-state index contributed by atoms with van der Waals surface area (Å²) in [7, 11) is 0. The summed E-state index contributed by atoms with van der Waals surface area (Å²) in [6.07, 6.45) is 5.58. The van der Waals surface area contributed by atoms with E-state index in [-0.39, 0.29) is 0 Å². The molecule has 1 heterocycles. The highest BCUT2D eigenvalue weighted by Crippen LogP contribution is 2.44. The summed E-state index contributed by atoms with van der Waals surface area (Å²) in [5, 5.41) is 17.5. The Morgan fingerprint density at radius 2 is 2.00 bits per heavy atom. The van der Waals surface area contributed by atoms with Crippen molar-refractivity contribution in [2.75, 3.05) is 0 Å². The minimum absolute atomic E-state index is 0.705. The monoisotopic (exact) mass is 243 g/mol. The van der Waals surface area contributed by atoms with Crippen LogP contribution in [-0.2, 0) is 10.2 Å². The van der Waals surface area contributed by atoms with Gasteiger partial charge in [-0.1, -0.05) is 18.6 Å². The van der Waals surface area contributed by atoms with Crippen LogP contribution in [0, 0.1) is 0 Å². The van der Waals surface area contributed by atoms with Crippen molar-refractivity contribution in [1.29, 1.82) is 0 Å². The highest BCUT2D eigenvalue weighted by molar-refractivity contribution is 5.82. The second-order valence-corrected chi connectivity index (χ2v) is 4.61. The molecular weight excluding hydrogens is 230 g/mol. The van der Waals surface area contributed by atoms with Gasteiger partial charge in [-0.05, 0) is 30.5 Å². The topological polar surface area (TPSA) is 68.0 Å². The summed E-state index contributed by atoms with van der Waals surface area (Å²) < 4.78 is 0. The number of carboxylic acids is 1. The summed E-state index contributed by atoms with van der Waals surface area (Å²) in [6, 6.07) is 7.47. The van der Waals surface area contributed by atoms with Crippen molar-refractivity contribution in [3.63, 3.8) is 0 Å². The Balaban J connectivity index is 2.04. The van der Waals surface area contributed by atoms with Crippen LogP contribution in [0.15, 0.2) is 36.7 Å². The van der Waals surface area contributed by atoms with Gasteiger partial charge in [0.2, 0.25) is 0 Å². The molecule has 1 fully saturated rings. The molecule has 92 valence electrons. The molecule has 5 nitrogen and oxygen atoms in total. The van der Waals surface area contributed by atoms with Crippen LogP contribution in [0.25, 0.3) is 5.69 Å². The van der Waals surface area contributed by atoms with Gasteiger partial charge < -0.3 is 5.11 Å². The Bertz CT molecular complexity index is 574. The van der Waals surface area contributed by atoms with Gasteiger partial charge in [0, 0.05) is 0 Å². The quantitative estimate of drug-likeness (QED) is 0.892. The van der Waals surface area contributed by atoms with Gasteiger partial charge >= 0.3 is 5.97 Å². The van der Waals surface area contributed by atoms with Crippen molar-refractivity contribution < 1.29 is 9.90 Å². The fourth-order valence-electron chi connectivity index (χ4n) is 2.43. The highest BCUT2D eigenvalue weighted by atomic mass is 16.4. The van der Waals surface area contributed by atoms with Crippen molar-refractivity contribution in [3.8, 4) is 5.69 Å². The lowest BCUT2D eigenvalue weighted by Crippen LogP contribution is -2.42. The van der Waals surface area contributed by atoms with Crippen LogP contribution >= 0.6 is 0 Å². The molecule has 2 aromatic rings. The Kier molecular flexibility index (Phi) is 2.40. The Morgan fingerprint density at radius 1 is 1.28 bits per heavy atom. The molecule has 1 saturated carbocycles. The van der Waals surface area contributed by atoms with Crippen LogP contribution in [0.3, 0.4) is 0 Å². The van der Waals surface area contributed by atoms with Crippen LogP contribution in [-0.4, -0.2) is 26.1 Å². The van der Waals surface area contributed by atoms with E-state index in [4.69, 9.17) is 0 Å². The first-order valence-electron chi connectivity index (χ1n) is 5.93. The number of rotatable bonds is 3. The zero-order valence-corrected chi connectivity index (χ0v) is 9.78. The molecule has 1 N–H and O–H groups in total. The average molecular weight is 243 g/mol. The zero-order valence-electron chi connectivity index (χ0n) is 9.78. The van der Waals surface area contributed by atoms with E-state index in [0.29, 0.717) is 12.8 Å². The molecule has 0 saturated heterocycles. The maximum absolute atomic E-state index is 11.5. The van der Waals surface area contributed by atoms with Gasteiger partial charge in [0.25, 0.3) is 0 Å². The van der Waals surface area contributed by atoms with Crippen LogP contribution in [0.4, 0.5) is 0 Å². The van der Waals surface area contributed by atoms with Crippen molar-refractivity contribution >= 4 is 5.97 Å². The van der Waals surface area contributed by atoms with E-state index >= 15 is 0 Å². The second-order valence-electron chi connectivity index (χ2n) is 4.61. The molecule has 3 rings (SSSR count).